The number of hydrogen-bond acceptors (Lipinski definition) is 6. The summed E-state index contributed by atoms with van der Waals surface area (Å²) in [7, 11) is -2.22. The highest BCUT2D eigenvalue weighted by Crippen LogP contribution is 2.36. The Morgan fingerprint density at radius 2 is 2.04 bits per heavy atom. The molecule has 4 rings (SSSR count). The zero-order chi connectivity index (χ0) is 19.0. The van der Waals surface area contributed by atoms with Crippen molar-refractivity contribution >= 4 is 21.7 Å². The van der Waals surface area contributed by atoms with Crippen molar-refractivity contribution in [1.82, 2.24) is 14.5 Å². The van der Waals surface area contributed by atoms with Crippen molar-refractivity contribution in [3.63, 3.8) is 0 Å². The molecule has 1 fully saturated rings. The molecule has 1 amide bonds. The van der Waals surface area contributed by atoms with Crippen LogP contribution in [0.15, 0.2) is 35.4 Å². The molecule has 144 valence electrons. The average Bonchev–Trinajstić information content (AvgIpc) is 3.08. The van der Waals surface area contributed by atoms with Gasteiger partial charge in [-0.1, -0.05) is 6.07 Å². The first-order chi connectivity index (χ1) is 13.0. The van der Waals surface area contributed by atoms with Gasteiger partial charge in [0.15, 0.2) is 11.5 Å². The lowest BCUT2D eigenvalue weighted by molar-refractivity contribution is -0.121. The van der Waals surface area contributed by atoms with E-state index in [-0.39, 0.29) is 23.2 Å². The average molecular weight is 392 g/mol. The van der Waals surface area contributed by atoms with Crippen LogP contribution in [0.5, 0.6) is 11.5 Å². The van der Waals surface area contributed by atoms with Gasteiger partial charge in [-0.05, 0) is 25.0 Å². The molecule has 0 unspecified atom stereocenters. The molecule has 1 atom stereocenters. The van der Waals surface area contributed by atoms with Crippen LogP contribution in [0.1, 0.15) is 12.8 Å². The van der Waals surface area contributed by atoms with Gasteiger partial charge in [-0.2, -0.15) is 9.82 Å². The summed E-state index contributed by atoms with van der Waals surface area (Å²) in [6.45, 7) is 1.16. The van der Waals surface area contributed by atoms with Gasteiger partial charge in [0, 0.05) is 19.7 Å². The van der Waals surface area contributed by atoms with E-state index >= 15 is 0 Å². The van der Waals surface area contributed by atoms with Gasteiger partial charge in [-0.15, -0.1) is 0 Å². The van der Waals surface area contributed by atoms with Crippen molar-refractivity contribution in [3.8, 4) is 11.5 Å². The largest absolute Gasteiger partial charge is 0.486 e. The Kier molecular flexibility index (Phi) is 4.52. The Morgan fingerprint density at radius 1 is 1.22 bits per heavy atom. The molecule has 0 aliphatic carbocycles. The molecule has 0 radical (unpaired) electrons. The molecule has 0 saturated carbocycles. The number of piperidine rings is 1. The second kappa shape index (κ2) is 6.86. The Morgan fingerprint density at radius 3 is 2.81 bits per heavy atom. The Labute approximate surface area is 156 Å². The summed E-state index contributed by atoms with van der Waals surface area (Å²) in [6, 6.07) is 5.57. The first-order valence-electron chi connectivity index (χ1n) is 8.68. The number of carbonyl (C=O) groups excluding carboxylic acids is 1. The first kappa shape index (κ1) is 17.8. The maximum absolute atomic E-state index is 12.9. The molecule has 9 nitrogen and oxygen atoms in total. The van der Waals surface area contributed by atoms with E-state index in [2.05, 4.69) is 9.82 Å². The smallest absolute Gasteiger partial charge is 0.246 e. The monoisotopic (exact) mass is 392 g/mol. The highest BCUT2D eigenvalue weighted by molar-refractivity contribution is 7.89. The molecular weight excluding hydrogens is 372 g/mol. The molecule has 3 heterocycles. The lowest BCUT2D eigenvalue weighted by Gasteiger charge is -2.32. The van der Waals surface area contributed by atoms with E-state index in [0.29, 0.717) is 37.6 Å². The van der Waals surface area contributed by atoms with Crippen LogP contribution in [0.25, 0.3) is 0 Å². The molecular formula is C17H20N4O5S. The highest BCUT2D eigenvalue weighted by atomic mass is 32.2. The van der Waals surface area contributed by atoms with E-state index in [1.807, 2.05) is 0 Å². The van der Waals surface area contributed by atoms with Gasteiger partial charge in [-0.3, -0.25) is 14.4 Å². The number of anilines is 1. The van der Waals surface area contributed by atoms with Gasteiger partial charge in [0.05, 0.1) is 6.20 Å². The van der Waals surface area contributed by atoms with E-state index in [9.17, 15) is 13.2 Å². The van der Waals surface area contributed by atoms with Gasteiger partial charge in [0.25, 0.3) is 0 Å². The highest BCUT2D eigenvalue weighted by Gasteiger charge is 2.35. The van der Waals surface area contributed by atoms with E-state index in [1.54, 1.807) is 41.0 Å². The fraction of sp³-hybridized carbons (Fsp3) is 0.412. The summed E-state index contributed by atoms with van der Waals surface area (Å²) in [5, 5.41) is 4.08. The SMILES string of the molecule is Cn1nccc1N1CCC[C@@H](NS(=O)(=O)c2cccc3c2OCCO3)C1=O. The zero-order valence-electron chi connectivity index (χ0n) is 14.8. The number of ether oxygens (including phenoxy) is 2. The number of para-hydroxylation sites is 1. The number of hydrogen-bond donors (Lipinski definition) is 1. The predicted molar refractivity (Wildman–Crippen MR) is 96.3 cm³/mol. The molecule has 1 saturated heterocycles. The van der Waals surface area contributed by atoms with Gasteiger partial charge in [0.2, 0.25) is 15.9 Å². The molecule has 2 aliphatic heterocycles. The number of aryl methyl sites for hydroxylation is 1. The number of fused-ring (bicyclic) bond motifs is 1. The zero-order valence-corrected chi connectivity index (χ0v) is 15.6. The number of rotatable bonds is 4. The van der Waals surface area contributed by atoms with Gasteiger partial charge in [0.1, 0.15) is 30.0 Å². The lowest BCUT2D eigenvalue weighted by atomic mass is 10.1. The van der Waals surface area contributed by atoms with Gasteiger partial charge < -0.3 is 9.47 Å². The van der Waals surface area contributed by atoms with Gasteiger partial charge >= 0.3 is 0 Å². The quantitative estimate of drug-likeness (QED) is 0.820. The lowest BCUT2D eigenvalue weighted by Crippen LogP contribution is -2.52. The molecule has 2 aromatic rings. The summed E-state index contributed by atoms with van der Waals surface area (Å²) in [5.41, 5.74) is 0. The van der Waals surface area contributed by atoms with E-state index in [0.717, 1.165) is 0 Å². The molecule has 1 N–H and O–H groups in total. The van der Waals surface area contributed by atoms with Gasteiger partial charge in [-0.25, -0.2) is 8.42 Å². The minimum Gasteiger partial charge on any atom is -0.486 e. The topological polar surface area (TPSA) is 103 Å². The fourth-order valence-electron chi connectivity index (χ4n) is 3.35. The fourth-order valence-corrected chi connectivity index (χ4v) is 4.73. The van der Waals surface area contributed by atoms with Crippen molar-refractivity contribution in [1.29, 1.82) is 0 Å². The molecule has 0 bridgehead atoms. The molecule has 10 heteroatoms. The van der Waals surface area contributed by atoms with Crippen LogP contribution in [0.3, 0.4) is 0 Å². The van der Waals surface area contributed by atoms with E-state index in [4.69, 9.17) is 9.47 Å². The molecule has 1 aromatic heterocycles. The molecule has 27 heavy (non-hydrogen) atoms. The van der Waals surface area contributed by atoms with Crippen LogP contribution in [-0.4, -0.2) is 49.9 Å². The third-order valence-corrected chi connectivity index (χ3v) is 6.12. The number of amides is 1. The number of sulfonamides is 1. The minimum absolute atomic E-state index is 0.0230. The Balaban J connectivity index is 1.60. The van der Waals surface area contributed by atoms with Crippen LogP contribution in [-0.2, 0) is 21.9 Å². The maximum atomic E-state index is 12.9. The Bertz CT molecular complexity index is 971. The third-order valence-electron chi connectivity index (χ3n) is 4.63. The summed E-state index contributed by atoms with van der Waals surface area (Å²) < 4.78 is 41.0. The first-order valence-corrected chi connectivity index (χ1v) is 10.2. The van der Waals surface area contributed by atoms with Crippen LogP contribution >= 0.6 is 0 Å². The maximum Gasteiger partial charge on any atom is 0.246 e. The Hall–Kier alpha value is -2.59. The van der Waals surface area contributed by atoms with E-state index < -0.39 is 16.1 Å². The molecule has 0 spiro atoms. The summed E-state index contributed by atoms with van der Waals surface area (Å²) >= 11 is 0. The normalized spacial score (nSPS) is 20.0. The van der Waals surface area contributed by atoms with Crippen molar-refractivity contribution in [2.45, 2.75) is 23.8 Å². The van der Waals surface area contributed by atoms with Crippen LogP contribution in [0.4, 0.5) is 5.82 Å². The van der Waals surface area contributed by atoms with Crippen LogP contribution in [0, 0.1) is 0 Å². The second-order valence-electron chi connectivity index (χ2n) is 6.40. The summed E-state index contributed by atoms with van der Waals surface area (Å²) in [6.07, 6.45) is 2.71. The minimum atomic E-state index is -3.96. The third kappa shape index (κ3) is 3.26. The number of aromatic nitrogens is 2. The number of nitrogens with zero attached hydrogens (tertiary/aromatic N) is 3. The summed E-state index contributed by atoms with van der Waals surface area (Å²) in [5.74, 6) is 0.909. The predicted octanol–water partition coefficient (Wildman–Crippen LogP) is 0.665. The molecule has 1 aromatic carbocycles. The van der Waals surface area contributed by atoms with Crippen molar-refractivity contribution < 1.29 is 22.7 Å². The number of benzene rings is 1. The second-order valence-corrected chi connectivity index (χ2v) is 8.08. The number of nitrogens with one attached hydrogen (secondary N) is 1. The van der Waals surface area contributed by atoms with Crippen molar-refractivity contribution in [3.05, 3.63) is 30.5 Å². The van der Waals surface area contributed by atoms with Crippen molar-refractivity contribution in [2.24, 2.45) is 7.05 Å². The van der Waals surface area contributed by atoms with E-state index in [1.165, 1.54) is 6.07 Å². The molecule has 2 aliphatic rings. The standard InChI is InChI=1S/C17H20N4O5S/c1-20-15(7-8-18-20)21-9-3-4-12(17(21)22)19-27(23,24)14-6-2-5-13-16(14)26-11-10-25-13/h2,5-8,12,19H,3-4,9-11H2,1H3/t12-/m1/s1. The number of carbonyl (C=O) groups is 1. The van der Waals surface area contributed by atoms with Crippen LogP contribution in [0.2, 0.25) is 0 Å². The van der Waals surface area contributed by atoms with Crippen LogP contribution < -0.4 is 19.1 Å². The summed E-state index contributed by atoms with van der Waals surface area (Å²) in [4.78, 5) is 14.4. The van der Waals surface area contributed by atoms with Crippen molar-refractivity contribution in [2.75, 3.05) is 24.7 Å².